The second-order valence-corrected chi connectivity index (χ2v) is 6.58. The molecule has 0 heterocycles. The average molecular weight is 368 g/mol. The van der Waals surface area contributed by atoms with Crippen molar-refractivity contribution in [2.45, 2.75) is 31.3 Å². The quantitative estimate of drug-likeness (QED) is 0.447. The van der Waals surface area contributed by atoms with E-state index >= 15 is 0 Å². The molecule has 0 aromatic heterocycles. The van der Waals surface area contributed by atoms with Crippen LogP contribution in [0.4, 0.5) is 0 Å². The predicted octanol–water partition coefficient (Wildman–Crippen LogP) is 4.10. The molecule has 0 bridgehead atoms. The highest BCUT2D eigenvalue weighted by atomic mass is 35.5. The van der Waals surface area contributed by atoms with Gasteiger partial charge in [-0.05, 0) is 38.1 Å². The summed E-state index contributed by atoms with van der Waals surface area (Å²) in [5, 5.41) is 0.509. The zero-order chi connectivity index (χ0) is 17.7. The first kappa shape index (κ1) is 18.6. The number of allylic oxidation sites excluding steroid dienone is 2. The molecule has 0 N–H and O–H groups in total. The SMILES string of the molecule is CCOC(=O)C(C)N(C(=O)c1ccccc1)C1(Cl)C=CC=C(Cl)C1. The first-order valence-corrected chi connectivity index (χ1v) is 8.43. The van der Waals surface area contributed by atoms with E-state index in [9.17, 15) is 9.59 Å². The van der Waals surface area contributed by atoms with Crippen molar-refractivity contribution in [2.75, 3.05) is 6.61 Å². The molecule has 1 aromatic rings. The van der Waals surface area contributed by atoms with Gasteiger partial charge in [-0.15, -0.1) is 0 Å². The Morgan fingerprint density at radius 2 is 2.00 bits per heavy atom. The highest BCUT2D eigenvalue weighted by Crippen LogP contribution is 2.37. The van der Waals surface area contributed by atoms with Gasteiger partial charge in [-0.25, -0.2) is 4.79 Å². The minimum Gasteiger partial charge on any atom is -0.464 e. The summed E-state index contributed by atoms with van der Waals surface area (Å²) in [6.07, 6.45) is 5.27. The van der Waals surface area contributed by atoms with Crippen molar-refractivity contribution in [2.24, 2.45) is 0 Å². The molecule has 2 rings (SSSR count). The van der Waals surface area contributed by atoms with E-state index in [1.807, 2.05) is 6.07 Å². The van der Waals surface area contributed by atoms with Gasteiger partial charge in [0.15, 0.2) is 0 Å². The summed E-state index contributed by atoms with van der Waals surface area (Å²) in [6.45, 7) is 3.54. The zero-order valence-corrected chi connectivity index (χ0v) is 15.1. The van der Waals surface area contributed by atoms with Crippen molar-refractivity contribution < 1.29 is 14.3 Å². The highest BCUT2D eigenvalue weighted by molar-refractivity contribution is 6.32. The van der Waals surface area contributed by atoms with Gasteiger partial charge in [-0.3, -0.25) is 4.79 Å². The molecule has 1 amide bonds. The second kappa shape index (κ2) is 7.86. The zero-order valence-electron chi connectivity index (χ0n) is 13.5. The number of ether oxygens (including phenoxy) is 1. The van der Waals surface area contributed by atoms with Crippen LogP contribution < -0.4 is 0 Å². The van der Waals surface area contributed by atoms with E-state index < -0.39 is 17.0 Å². The first-order chi connectivity index (χ1) is 11.4. The molecule has 1 aliphatic carbocycles. The number of carbonyl (C=O) groups is 2. The second-order valence-electron chi connectivity index (χ2n) is 5.44. The molecular formula is C18H19Cl2NO3. The van der Waals surface area contributed by atoms with Crippen molar-refractivity contribution in [1.82, 2.24) is 4.90 Å². The van der Waals surface area contributed by atoms with E-state index in [0.717, 1.165) is 0 Å². The van der Waals surface area contributed by atoms with Crippen LogP contribution in [0.25, 0.3) is 0 Å². The fraction of sp³-hybridized carbons (Fsp3) is 0.333. The van der Waals surface area contributed by atoms with Crippen LogP contribution in [0.15, 0.2) is 53.6 Å². The maximum Gasteiger partial charge on any atom is 0.328 e. The van der Waals surface area contributed by atoms with Crippen LogP contribution >= 0.6 is 23.2 Å². The van der Waals surface area contributed by atoms with Gasteiger partial charge in [-0.1, -0.05) is 47.5 Å². The Morgan fingerprint density at radius 1 is 1.33 bits per heavy atom. The lowest BCUT2D eigenvalue weighted by Gasteiger charge is -2.41. The molecule has 2 atom stereocenters. The normalized spacial score (nSPS) is 20.9. The fourth-order valence-corrected chi connectivity index (χ4v) is 3.36. The fourth-order valence-electron chi connectivity index (χ4n) is 2.57. The average Bonchev–Trinajstić information content (AvgIpc) is 2.55. The number of carbonyl (C=O) groups excluding carboxylic acids is 2. The number of hydrogen-bond donors (Lipinski definition) is 0. The van der Waals surface area contributed by atoms with Crippen molar-refractivity contribution in [3.8, 4) is 0 Å². The molecule has 1 aromatic carbocycles. The summed E-state index contributed by atoms with van der Waals surface area (Å²) in [6, 6.07) is 7.82. The van der Waals surface area contributed by atoms with Gasteiger partial charge in [0.25, 0.3) is 5.91 Å². The molecule has 128 valence electrons. The monoisotopic (exact) mass is 367 g/mol. The number of benzene rings is 1. The third kappa shape index (κ3) is 4.00. The minimum atomic E-state index is -1.23. The maximum absolute atomic E-state index is 13.0. The molecule has 0 saturated carbocycles. The largest absolute Gasteiger partial charge is 0.464 e. The molecule has 2 unspecified atom stereocenters. The van der Waals surface area contributed by atoms with Gasteiger partial charge in [0.05, 0.1) is 6.61 Å². The lowest BCUT2D eigenvalue weighted by Crippen LogP contribution is -2.55. The molecule has 0 radical (unpaired) electrons. The number of halogens is 2. The lowest BCUT2D eigenvalue weighted by atomic mass is 10.0. The number of alkyl halides is 1. The third-order valence-corrected chi connectivity index (χ3v) is 4.40. The third-order valence-electron chi connectivity index (χ3n) is 3.70. The van der Waals surface area contributed by atoms with E-state index in [0.29, 0.717) is 10.6 Å². The van der Waals surface area contributed by atoms with Gasteiger partial charge < -0.3 is 9.64 Å². The van der Waals surface area contributed by atoms with Crippen molar-refractivity contribution >= 4 is 35.1 Å². The molecule has 0 saturated heterocycles. The summed E-state index contributed by atoms with van der Waals surface area (Å²) in [5.74, 6) is -0.872. The Labute approximate surface area is 151 Å². The van der Waals surface area contributed by atoms with Gasteiger partial charge in [0, 0.05) is 17.0 Å². The Kier molecular flexibility index (Phi) is 6.08. The van der Waals surface area contributed by atoms with Crippen molar-refractivity contribution in [3.63, 3.8) is 0 Å². The Balaban J connectivity index is 2.42. The first-order valence-electron chi connectivity index (χ1n) is 7.67. The Bertz CT molecular complexity index is 672. The number of nitrogens with zero attached hydrogens (tertiary/aromatic N) is 1. The number of rotatable bonds is 5. The number of amides is 1. The Hall–Kier alpha value is -1.78. The van der Waals surface area contributed by atoms with Crippen molar-refractivity contribution in [3.05, 3.63) is 59.2 Å². The molecule has 6 heteroatoms. The molecule has 1 aliphatic rings. The molecule has 4 nitrogen and oxygen atoms in total. The van der Waals surface area contributed by atoms with Gasteiger partial charge in [0.1, 0.15) is 11.0 Å². The summed E-state index contributed by atoms with van der Waals surface area (Å²) < 4.78 is 5.07. The smallest absolute Gasteiger partial charge is 0.328 e. The summed E-state index contributed by atoms with van der Waals surface area (Å²) in [7, 11) is 0. The van der Waals surface area contributed by atoms with Gasteiger partial charge >= 0.3 is 5.97 Å². The number of esters is 1. The number of hydrogen-bond acceptors (Lipinski definition) is 3. The topological polar surface area (TPSA) is 46.6 Å². The summed E-state index contributed by atoms with van der Waals surface area (Å²) in [4.78, 5) is 25.4. The molecular weight excluding hydrogens is 349 g/mol. The van der Waals surface area contributed by atoms with Crippen LogP contribution in [-0.2, 0) is 9.53 Å². The molecule has 24 heavy (non-hydrogen) atoms. The van der Waals surface area contributed by atoms with E-state index in [2.05, 4.69) is 0 Å². The van der Waals surface area contributed by atoms with Crippen LogP contribution in [0.3, 0.4) is 0 Å². The van der Waals surface area contributed by atoms with E-state index in [1.54, 1.807) is 56.3 Å². The Morgan fingerprint density at radius 3 is 2.58 bits per heavy atom. The van der Waals surface area contributed by atoms with Crippen molar-refractivity contribution in [1.29, 1.82) is 0 Å². The predicted molar refractivity (Wildman–Crippen MR) is 95.0 cm³/mol. The minimum absolute atomic E-state index is 0.217. The molecule has 0 aliphatic heterocycles. The van der Waals surface area contributed by atoms with Gasteiger partial charge in [0.2, 0.25) is 0 Å². The highest BCUT2D eigenvalue weighted by Gasteiger charge is 2.43. The molecule has 0 fully saturated rings. The maximum atomic E-state index is 13.0. The van der Waals surface area contributed by atoms with E-state index in [1.165, 1.54) is 4.90 Å². The van der Waals surface area contributed by atoms with Crippen LogP contribution in [0.2, 0.25) is 0 Å². The van der Waals surface area contributed by atoms with Gasteiger partial charge in [-0.2, -0.15) is 0 Å². The van der Waals surface area contributed by atoms with Crippen LogP contribution in [-0.4, -0.2) is 34.4 Å². The summed E-state index contributed by atoms with van der Waals surface area (Å²) >= 11 is 12.8. The van der Waals surface area contributed by atoms with Crippen LogP contribution in [0.5, 0.6) is 0 Å². The molecule has 0 spiro atoms. The van der Waals surface area contributed by atoms with E-state index in [4.69, 9.17) is 27.9 Å². The van der Waals surface area contributed by atoms with E-state index in [-0.39, 0.29) is 18.9 Å². The summed E-state index contributed by atoms with van der Waals surface area (Å²) in [5.41, 5.74) is 0.438. The standard InChI is InChI=1S/C18H19Cl2NO3/c1-3-24-17(23)13(2)21(16(22)14-8-5-4-6-9-14)18(20)11-7-10-15(19)12-18/h4-11,13H,3,12H2,1-2H3. The lowest BCUT2D eigenvalue weighted by molar-refractivity contribution is -0.148. The van der Waals surface area contributed by atoms with Crippen LogP contribution in [0.1, 0.15) is 30.6 Å². The van der Waals surface area contributed by atoms with Crippen LogP contribution in [0, 0.1) is 0 Å².